The van der Waals surface area contributed by atoms with Crippen molar-refractivity contribution in [3.63, 3.8) is 0 Å². The molecule has 1 aromatic heterocycles. The summed E-state index contributed by atoms with van der Waals surface area (Å²) in [5.74, 6) is 0.151. The lowest BCUT2D eigenvalue weighted by Crippen LogP contribution is -2.58. The van der Waals surface area contributed by atoms with E-state index in [9.17, 15) is 25.2 Å². The average molecular weight is 341 g/mol. The van der Waals surface area contributed by atoms with Crippen molar-refractivity contribution in [2.75, 3.05) is 0 Å². The van der Waals surface area contributed by atoms with Crippen molar-refractivity contribution in [2.24, 2.45) is 0 Å². The lowest BCUT2D eigenvalue weighted by atomic mass is 9.96. The van der Waals surface area contributed by atoms with Gasteiger partial charge in [0.15, 0.2) is 6.23 Å². The molecule has 2 unspecified atom stereocenters. The van der Waals surface area contributed by atoms with Gasteiger partial charge in [-0.15, -0.1) is 5.10 Å². The van der Waals surface area contributed by atoms with E-state index in [1.165, 1.54) is 4.68 Å². The van der Waals surface area contributed by atoms with Gasteiger partial charge >= 0.3 is 0 Å². The number of aliphatic hydroxyl groups is 4. The normalized spacial score (nSPS) is 38.5. The number of rotatable bonds is 6. The molecule has 2 heterocycles. The molecule has 0 aromatic carbocycles. The first kappa shape index (κ1) is 17.4. The van der Waals surface area contributed by atoms with Crippen LogP contribution < -0.4 is 0 Å². The maximum atomic E-state index is 10.9. The number of carbonyl (C=O) groups excluding carboxylic acids is 1. The number of aromatic nitrogens is 3. The Morgan fingerprint density at radius 3 is 2.67 bits per heavy atom. The van der Waals surface area contributed by atoms with Crippen molar-refractivity contribution in [3.05, 3.63) is 11.9 Å². The van der Waals surface area contributed by atoms with Gasteiger partial charge in [-0.05, 0) is 26.2 Å². The number of aliphatic hydroxyl groups excluding tert-OH is 4. The Kier molecular flexibility index (Phi) is 4.71. The summed E-state index contributed by atoms with van der Waals surface area (Å²) in [5, 5.41) is 47.8. The van der Waals surface area contributed by atoms with E-state index >= 15 is 0 Å². The third kappa shape index (κ3) is 3.09. The third-order valence-corrected chi connectivity index (χ3v) is 4.75. The summed E-state index contributed by atoms with van der Waals surface area (Å²) in [6, 6.07) is 0. The summed E-state index contributed by atoms with van der Waals surface area (Å²) in [7, 11) is 0. The number of ketones is 1. The first-order chi connectivity index (χ1) is 11.3. The van der Waals surface area contributed by atoms with Gasteiger partial charge in [0.2, 0.25) is 0 Å². The van der Waals surface area contributed by atoms with E-state index in [-0.39, 0.29) is 12.2 Å². The Hall–Kier alpha value is -1.39. The fourth-order valence-corrected chi connectivity index (χ4v) is 3.14. The molecule has 4 N–H and O–H groups in total. The van der Waals surface area contributed by atoms with Crippen LogP contribution in [0.25, 0.3) is 0 Å². The lowest BCUT2D eigenvalue weighted by Gasteiger charge is -2.40. The van der Waals surface area contributed by atoms with Gasteiger partial charge in [0.05, 0.1) is 18.0 Å². The summed E-state index contributed by atoms with van der Waals surface area (Å²) in [6.07, 6.45) is -1.57. The van der Waals surface area contributed by atoms with Crippen LogP contribution in [0.15, 0.2) is 6.20 Å². The SMILES string of the molecule is CC(=O)CCCCc1cn(C2O[C@]3(CC3O)[C@H](O)[C@H](O)[C@H]2O)nn1. The largest absolute Gasteiger partial charge is 0.390 e. The second kappa shape index (κ2) is 6.49. The maximum Gasteiger partial charge on any atom is 0.181 e. The van der Waals surface area contributed by atoms with Gasteiger partial charge in [0, 0.05) is 12.8 Å². The van der Waals surface area contributed by atoms with Crippen molar-refractivity contribution in [2.45, 2.75) is 75.3 Å². The molecule has 1 spiro atoms. The number of unbranched alkanes of at least 4 members (excludes halogenated alkanes) is 1. The Morgan fingerprint density at radius 1 is 1.33 bits per heavy atom. The van der Waals surface area contributed by atoms with Crippen LogP contribution in [0.4, 0.5) is 0 Å². The first-order valence-electron chi connectivity index (χ1n) is 8.15. The molecule has 1 aromatic rings. The maximum absolute atomic E-state index is 10.9. The fourth-order valence-electron chi connectivity index (χ4n) is 3.14. The monoisotopic (exact) mass is 341 g/mol. The van der Waals surface area contributed by atoms with Crippen molar-refractivity contribution < 1.29 is 30.0 Å². The van der Waals surface area contributed by atoms with Crippen LogP contribution in [-0.4, -0.2) is 71.2 Å². The van der Waals surface area contributed by atoms with Crippen molar-refractivity contribution in [1.82, 2.24) is 15.0 Å². The van der Waals surface area contributed by atoms with Crippen molar-refractivity contribution in [1.29, 1.82) is 0 Å². The molecule has 1 aliphatic heterocycles. The zero-order valence-electron chi connectivity index (χ0n) is 13.4. The molecule has 1 saturated heterocycles. The molecule has 6 atom stereocenters. The van der Waals surface area contributed by atoms with Gasteiger partial charge < -0.3 is 30.0 Å². The van der Waals surface area contributed by atoms with Crippen LogP contribution in [0.3, 0.4) is 0 Å². The number of hydrogen-bond donors (Lipinski definition) is 4. The van der Waals surface area contributed by atoms with E-state index in [2.05, 4.69) is 10.3 Å². The molecule has 2 aliphatic rings. The van der Waals surface area contributed by atoms with E-state index < -0.39 is 36.2 Å². The van der Waals surface area contributed by atoms with E-state index in [1.807, 2.05) is 0 Å². The van der Waals surface area contributed by atoms with E-state index in [0.29, 0.717) is 18.5 Å². The van der Waals surface area contributed by atoms with Gasteiger partial charge in [0.1, 0.15) is 29.7 Å². The smallest absolute Gasteiger partial charge is 0.181 e. The molecule has 0 amide bonds. The van der Waals surface area contributed by atoms with Crippen LogP contribution >= 0.6 is 0 Å². The number of ether oxygens (including phenoxy) is 1. The molecule has 1 saturated carbocycles. The van der Waals surface area contributed by atoms with E-state index in [4.69, 9.17) is 4.74 Å². The zero-order chi connectivity index (χ0) is 17.5. The summed E-state index contributed by atoms with van der Waals surface area (Å²) >= 11 is 0. The van der Waals surface area contributed by atoms with Crippen LogP contribution in [-0.2, 0) is 16.0 Å². The average Bonchev–Trinajstić information content (AvgIpc) is 2.95. The minimum absolute atomic E-state index is 0.151. The number of carbonyl (C=O) groups is 1. The van der Waals surface area contributed by atoms with Gasteiger partial charge in [0.25, 0.3) is 0 Å². The number of Topliss-reactive ketones (excluding diaryl/α,β-unsaturated/α-hetero) is 1. The molecule has 9 nitrogen and oxygen atoms in total. The van der Waals surface area contributed by atoms with Crippen LogP contribution in [0.2, 0.25) is 0 Å². The Balaban J connectivity index is 1.64. The lowest BCUT2D eigenvalue weighted by molar-refractivity contribution is -0.266. The highest BCUT2D eigenvalue weighted by atomic mass is 16.6. The number of nitrogens with zero attached hydrogens (tertiary/aromatic N) is 3. The first-order valence-corrected chi connectivity index (χ1v) is 8.15. The van der Waals surface area contributed by atoms with Gasteiger partial charge in [-0.3, -0.25) is 0 Å². The fraction of sp³-hybridized carbons (Fsp3) is 0.800. The molecule has 2 fully saturated rings. The molecular weight excluding hydrogens is 318 g/mol. The van der Waals surface area contributed by atoms with Crippen LogP contribution in [0, 0.1) is 0 Å². The standard InChI is InChI=1S/C15H23N3O6/c1-8(19)4-2-3-5-9-7-18(17-16-9)14-12(22)11(21)13(23)15(24-14)6-10(15)20/h7,10-14,20-23H,2-6H2,1H3/t10?,11-,12-,13-,14?,15+/m1/s1. The summed E-state index contributed by atoms with van der Waals surface area (Å²) in [4.78, 5) is 10.9. The van der Waals surface area contributed by atoms with E-state index in [1.54, 1.807) is 13.1 Å². The molecule has 0 radical (unpaired) electrons. The predicted octanol–water partition coefficient (Wildman–Crippen LogP) is -1.31. The van der Waals surface area contributed by atoms with Gasteiger partial charge in [-0.25, -0.2) is 4.68 Å². The van der Waals surface area contributed by atoms with Crippen LogP contribution in [0.1, 0.15) is 44.5 Å². The summed E-state index contributed by atoms with van der Waals surface area (Å²) < 4.78 is 6.95. The predicted molar refractivity (Wildman–Crippen MR) is 79.8 cm³/mol. The Morgan fingerprint density at radius 2 is 2.04 bits per heavy atom. The highest BCUT2D eigenvalue weighted by molar-refractivity contribution is 5.75. The molecule has 9 heteroatoms. The van der Waals surface area contributed by atoms with Crippen LogP contribution in [0.5, 0.6) is 0 Å². The second-order valence-corrected chi connectivity index (χ2v) is 6.71. The quantitative estimate of drug-likeness (QED) is 0.468. The Labute approximate surface area is 138 Å². The number of hydrogen-bond acceptors (Lipinski definition) is 8. The highest BCUT2D eigenvalue weighted by Gasteiger charge is 2.67. The molecular formula is C15H23N3O6. The molecule has 134 valence electrons. The Bertz CT molecular complexity index is 608. The topological polar surface area (TPSA) is 138 Å². The highest BCUT2D eigenvalue weighted by Crippen LogP contribution is 2.50. The van der Waals surface area contributed by atoms with Gasteiger partial charge in [-0.2, -0.15) is 0 Å². The second-order valence-electron chi connectivity index (χ2n) is 6.71. The minimum atomic E-state index is -1.44. The van der Waals surface area contributed by atoms with Crippen molar-refractivity contribution >= 4 is 5.78 Å². The van der Waals surface area contributed by atoms with E-state index in [0.717, 1.165) is 12.8 Å². The number of aryl methyl sites for hydroxylation is 1. The summed E-state index contributed by atoms with van der Waals surface area (Å²) in [5.41, 5.74) is -0.572. The van der Waals surface area contributed by atoms with Crippen molar-refractivity contribution in [3.8, 4) is 0 Å². The summed E-state index contributed by atoms with van der Waals surface area (Å²) in [6.45, 7) is 1.56. The molecule has 24 heavy (non-hydrogen) atoms. The minimum Gasteiger partial charge on any atom is -0.390 e. The molecule has 3 rings (SSSR count). The third-order valence-electron chi connectivity index (χ3n) is 4.75. The molecule has 0 bridgehead atoms. The van der Waals surface area contributed by atoms with Gasteiger partial charge in [-0.1, -0.05) is 5.21 Å². The zero-order valence-corrected chi connectivity index (χ0v) is 13.4. The molecule has 1 aliphatic carbocycles.